The molecule has 0 aliphatic carbocycles. The molecule has 208 valence electrons. The van der Waals surface area contributed by atoms with Crippen LogP contribution in [0.2, 0.25) is 0 Å². The summed E-state index contributed by atoms with van der Waals surface area (Å²) in [4.78, 5) is 16.3. The van der Waals surface area contributed by atoms with Gasteiger partial charge in [-0.05, 0) is 78.1 Å². The van der Waals surface area contributed by atoms with Gasteiger partial charge in [-0.25, -0.2) is 13.8 Å². The second-order valence-electron chi connectivity index (χ2n) is 9.80. The molecule has 0 aliphatic heterocycles. The SMILES string of the molecule is C/C=C\c1cc(C)c(-c2cc(-c3[nH]c(C)c(C(=O)Nc4cccc(C(F)(F)CC)c4)[n+]3O)ccc2OC)c(C)c1. The number of anilines is 1. The Balaban J connectivity index is 1.73. The molecule has 1 heterocycles. The maximum atomic E-state index is 14.2. The zero-order valence-electron chi connectivity index (χ0n) is 23.5. The van der Waals surface area contributed by atoms with Crippen LogP contribution in [0.5, 0.6) is 5.75 Å². The van der Waals surface area contributed by atoms with E-state index in [1.54, 1.807) is 20.1 Å². The number of aryl methyl sites for hydroxylation is 3. The number of rotatable bonds is 8. The van der Waals surface area contributed by atoms with E-state index in [0.717, 1.165) is 32.5 Å². The van der Waals surface area contributed by atoms with Gasteiger partial charge in [0, 0.05) is 30.2 Å². The van der Waals surface area contributed by atoms with Crippen molar-refractivity contribution in [1.29, 1.82) is 0 Å². The van der Waals surface area contributed by atoms with Crippen LogP contribution in [0, 0.1) is 20.8 Å². The molecule has 4 rings (SSSR count). The Morgan fingerprint density at radius 3 is 2.42 bits per heavy atom. The minimum Gasteiger partial charge on any atom is -0.496 e. The summed E-state index contributed by atoms with van der Waals surface area (Å²) in [6, 6.07) is 15.3. The van der Waals surface area contributed by atoms with Crippen molar-refractivity contribution < 1.29 is 28.2 Å². The minimum absolute atomic E-state index is 0.0388. The van der Waals surface area contributed by atoms with Gasteiger partial charge in [-0.15, -0.1) is 0 Å². The molecule has 0 fully saturated rings. The number of nitrogens with zero attached hydrogens (tertiary/aromatic N) is 1. The zero-order chi connectivity index (χ0) is 29.2. The Kier molecular flexibility index (Phi) is 8.09. The highest BCUT2D eigenvalue weighted by molar-refractivity contribution is 6.02. The van der Waals surface area contributed by atoms with Crippen LogP contribution < -0.4 is 14.8 Å². The molecule has 0 spiro atoms. The summed E-state index contributed by atoms with van der Waals surface area (Å²) in [7, 11) is 1.61. The molecule has 0 atom stereocenters. The number of alkyl halides is 2. The molecule has 6 nitrogen and oxygen atoms in total. The number of aromatic nitrogens is 2. The van der Waals surface area contributed by atoms with E-state index in [9.17, 15) is 18.8 Å². The first kappa shape index (κ1) is 28.5. The number of carbonyl (C=O) groups excluding carboxylic acids is 1. The number of allylic oxidation sites excluding steroid dienone is 1. The van der Waals surface area contributed by atoms with Gasteiger partial charge in [-0.2, -0.15) is 0 Å². The number of hydrogen-bond donors (Lipinski definition) is 3. The first-order chi connectivity index (χ1) is 19.0. The van der Waals surface area contributed by atoms with Crippen LogP contribution in [-0.4, -0.2) is 23.2 Å². The summed E-state index contributed by atoms with van der Waals surface area (Å²) in [5, 5.41) is 13.7. The molecule has 40 heavy (non-hydrogen) atoms. The number of benzene rings is 3. The van der Waals surface area contributed by atoms with Crippen LogP contribution >= 0.6 is 0 Å². The fourth-order valence-electron chi connectivity index (χ4n) is 5.00. The zero-order valence-corrected chi connectivity index (χ0v) is 23.5. The number of methoxy groups -OCH3 is 1. The van der Waals surface area contributed by atoms with E-state index in [1.165, 1.54) is 31.2 Å². The van der Waals surface area contributed by atoms with Gasteiger partial charge in [0.2, 0.25) is 0 Å². The van der Waals surface area contributed by atoms with Crippen molar-refractivity contribution in [2.24, 2.45) is 0 Å². The smallest absolute Gasteiger partial charge is 0.327 e. The third kappa shape index (κ3) is 5.47. The maximum Gasteiger partial charge on any atom is 0.327 e. The molecule has 0 aliphatic rings. The van der Waals surface area contributed by atoms with Gasteiger partial charge in [0.25, 0.3) is 11.6 Å². The number of nitrogens with one attached hydrogen (secondary N) is 2. The van der Waals surface area contributed by atoms with Crippen LogP contribution in [0.1, 0.15) is 58.7 Å². The van der Waals surface area contributed by atoms with Crippen LogP contribution in [0.3, 0.4) is 0 Å². The van der Waals surface area contributed by atoms with Gasteiger partial charge in [0.05, 0.1) is 12.7 Å². The minimum atomic E-state index is -3.01. The summed E-state index contributed by atoms with van der Waals surface area (Å²) in [5.41, 5.74) is 6.11. The largest absolute Gasteiger partial charge is 0.496 e. The molecule has 0 saturated heterocycles. The Morgan fingerprint density at radius 2 is 1.80 bits per heavy atom. The van der Waals surface area contributed by atoms with E-state index in [0.29, 0.717) is 22.8 Å². The van der Waals surface area contributed by atoms with E-state index >= 15 is 0 Å². The van der Waals surface area contributed by atoms with Gasteiger partial charge < -0.3 is 15.3 Å². The number of amides is 1. The van der Waals surface area contributed by atoms with E-state index in [4.69, 9.17) is 4.74 Å². The monoisotopic (exact) mass is 546 g/mol. The molecule has 3 aromatic carbocycles. The first-order valence-corrected chi connectivity index (χ1v) is 13.1. The predicted molar refractivity (Wildman–Crippen MR) is 153 cm³/mol. The van der Waals surface area contributed by atoms with Crippen LogP contribution in [0.15, 0.2) is 60.7 Å². The molecular formula is C32H34F2N3O3+. The molecule has 8 heteroatoms. The molecule has 0 bridgehead atoms. The second-order valence-corrected chi connectivity index (χ2v) is 9.80. The normalized spacial score (nSPS) is 11.7. The molecule has 0 saturated carbocycles. The van der Waals surface area contributed by atoms with Gasteiger partial charge in [0.1, 0.15) is 5.75 Å². The number of carbonyl (C=O) groups is 1. The lowest BCUT2D eigenvalue weighted by atomic mass is 9.91. The van der Waals surface area contributed by atoms with E-state index in [1.807, 2.05) is 45.1 Å². The lowest BCUT2D eigenvalue weighted by Crippen LogP contribution is -2.39. The number of ether oxygens (including phenoxy) is 1. The van der Waals surface area contributed by atoms with Crippen LogP contribution in [-0.2, 0) is 5.92 Å². The summed E-state index contributed by atoms with van der Waals surface area (Å²) in [5.74, 6) is -2.69. The molecular weight excluding hydrogens is 512 g/mol. The van der Waals surface area contributed by atoms with Crippen molar-refractivity contribution >= 4 is 17.7 Å². The van der Waals surface area contributed by atoms with Gasteiger partial charge in [0.15, 0.2) is 5.69 Å². The van der Waals surface area contributed by atoms with Crippen molar-refractivity contribution in [3.8, 4) is 28.3 Å². The van der Waals surface area contributed by atoms with Gasteiger partial charge >= 0.3 is 11.7 Å². The topological polar surface area (TPSA) is 78.2 Å². The number of halogens is 2. The fraction of sp³-hybridized carbons (Fsp3) is 0.250. The Labute approximate surface area is 232 Å². The molecule has 0 unspecified atom stereocenters. The summed E-state index contributed by atoms with van der Waals surface area (Å²) in [6.45, 7) is 9.12. The number of imidazole rings is 1. The average molecular weight is 547 g/mol. The maximum absolute atomic E-state index is 14.2. The van der Waals surface area contributed by atoms with E-state index < -0.39 is 11.8 Å². The Morgan fingerprint density at radius 1 is 1.10 bits per heavy atom. The third-order valence-corrected chi connectivity index (χ3v) is 6.94. The lowest BCUT2D eigenvalue weighted by molar-refractivity contribution is -0.896. The number of H-pyrrole nitrogens is 1. The molecule has 1 amide bonds. The third-order valence-electron chi connectivity index (χ3n) is 6.94. The number of hydrogen-bond acceptors (Lipinski definition) is 3. The molecule has 1 aromatic heterocycles. The molecule has 0 radical (unpaired) electrons. The van der Waals surface area contributed by atoms with Crippen molar-refractivity contribution in [2.75, 3.05) is 12.4 Å². The summed E-state index contributed by atoms with van der Waals surface area (Å²) < 4.78 is 34.8. The van der Waals surface area contributed by atoms with E-state index in [-0.39, 0.29) is 23.4 Å². The molecule has 3 N–H and O–H groups in total. The summed E-state index contributed by atoms with van der Waals surface area (Å²) >= 11 is 0. The van der Waals surface area contributed by atoms with Crippen LogP contribution in [0.4, 0.5) is 14.5 Å². The van der Waals surface area contributed by atoms with Crippen LogP contribution in [0.25, 0.3) is 28.6 Å². The van der Waals surface area contributed by atoms with Crippen molar-refractivity contribution in [2.45, 2.75) is 47.0 Å². The highest BCUT2D eigenvalue weighted by atomic mass is 19.3. The van der Waals surface area contributed by atoms with Crippen molar-refractivity contribution in [3.63, 3.8) is 0 Å². The number of aromatic amines is 1. The summed E-state index contributed by atoms with van der Waals surface area (Å²) in [6.07, 6.45) is 3.68. The first-order valence-electron chi connectivity index (χ1n) is 13.1. The second kappa shape index (κ2) is 11.3. The highest BCUT2D eigenvalue weighted by Crippen LogP contribution is 2.38. The van der Waals surface area contributed by atoms with Crippen molar-refractivity contribution in [3.05, 3.63) is 94.3 Å². The molecule has 4 aromatic rings. The fourth-order valence-corrected chi connectivity index (χ4v) is 5.00. The van der Waals surface area contributed by atoms with Gasteiger partial charge in [-0.3, -0.25) is 4.79 Å². The Bertz CT molecular complexity index is 1580. The highest BCUT2D eigenvalue weighted by Gasteiger charge is 2.32. The predicted octanol–water partition coefficient (Wildman–Crippen LogP) is 7.59. The lowest BCUT2D eigenvalue weighted by Gasteiger charge is -2.16. The van der Waals surface area contributed by atoms with Crippen molar-refractivity contribution in [1.82, 2.24) is 4.98 Å². The van der Waals surface area contributed by atoms with E-state index in [2.05, 4.69) is 22.4 Å². The van der Waals surface area contributed by atoms with Gasteiger partial charge in [-0.1, -0.05) is 43.3 Å². The standard InChI is InChI=1S/C32H33F2N3O3/c1-7-10-22-15-19(3)28(20(4)16-22)26-17-23(13-14-27(26)40-6)30-35-21(5)29(37(30)39)31(38)36-25-12-9-11-24(18-25)32(33,34)8-2/h7,9-18,39H,8H2,1-6H3,(H,36,38)/p+1/b10-7-. The average Bonchev–Trinajstić information content (AvgIpc) is 3.22. The quantitative estimate of drug-likeness (QED) is 0.157. The Hall–Kier alpha value is -4.46.